The van der Waals surface area contributed by atoms with Crippen LogP contribution in [0.25, 0.3) is 0 Å². The van der Waals surface area contributed by atoms with Crippen LogP contribution in [0.2, 0.25) is 0 Å². The predicted molar refractivity (Wildman–Crippen MR) is 78.0 cm³/mol. The number of nitrogens with one attached hydrogen (secondary N) is 1. The van der Waals surface area contributed by atoms with Crippen molar-refractivity contribution in [3.8, 4) is 0 Å². The molecule has 2 unspecified atom stereocenters. The fraction of sp³-hybridized carbons (Fsp3) is 0.500. The molecule has 112 valence electrons. The Hall–Kier alpha value is -1.66. The van der Waals surface area contributed by atoms with Crippen molar-refractivity contribution >= 4 is 17.3 Å². The van der Waals surface area contributed by atoms with E-state index in [0.717, 1.165) is 0 Å². The summed E-state index contributed by atoms with van der Waals surface area (Å²) in [6.07, 6.45) is 0. The smallest absolute Gasteiger partial charge is 0.241 e. The lowest BCUT2D eigenvalue weighted by molar-refractivity contribution is -0.121. The summed E-state index contributed by atoms with van der Waals surface area (Å²) in [7, 11) is 3.43. The van der Waals surface area contributed by atoms with Gasteiger partial charge in [0.05, 0.1) is 18.3 Å². The van der Waals surface area contributed by atoms with E-state index >= 15 is 0 Å². The summed E-state index contributed by atoms with van der Waals surface area (Å²) in [5.74, 6) is -0.799. The first-order valence-corrected chi connectivity index (χ1v) is 6.43. The van der Waals surface area contributed by atoms with Gasteiger partial charge in [0.25, 0.3) is 0 Å². The third-order valence-corrected chi connectivity index (χ3v) is 3.34. The normalized spacial score (nSPS) is 14.1. The minimum absolute atomic E-state index is 0.0754. The van der Waals surface area contributed by atoms with Crippen LogP contribution in [-0.2, 0) is 9.53 Å². The summed E-state index contributed by atoms with van der Waals surface area (Å²) in [6, 6.07) is 3.74. The minimum atomic E-state index is -0.507. The van der Waals surface area contributed by atoms with Crippen LogP contribution in [0, 0.1) is 5.82 Å². The van der Waals surface area contributed by atoms with Crippen LogP contribution in [0.1, 0.15) is 13.8 Å². The molecule has 0 aliphatic rings. The SMILES string of the molecule is COCC(C)N(C)C(C)C(=O)Nc1cc(N)ccc1F. The van der Waals surface area contributed by atoms with Crippen LogP contribution in [0.3, 0.4) is 0 Å². The zero-order valence-corrected chi connectivity index (χ0v) is 12.3. The van der Waals surface area contributed by atoms with Crippen LogP contribution in [0.4, 0.5) is 15.8 Å². The highest BCUT2D eigenvalue weighted by molar-refractivity contribution is 5.95. The summed E-state index contributed by atoms with van der Waals surface area (Å²) in [5.41, 5.74) is 6.07. The summed E-state index contributed by atoms with van der Waals surface area (Å²) in [4.78, 5) is 14.0. The van der Waals surface area contributed by atoms with Crippen LogP contribution < -0.4 is 11.1 Å². The standard InChI is InChI=1S/C14H22FN3O2/c1-9(8-20-4)18(3)10(2)14(19)17-13-7-11(16)5-6-12(13)15/h5-7,9-10H,8,16H2,1-4H3,(H,17,19). The summed E-state index contributed by atoms with van der Waals surface area (Å²) >= 11 is 0. The highest BCUT2D eigenvalue weighted by Gasteiger charge is 2.22. The van der Waals surface area contributed by atoms with E-state index in [9.17, 15) is 9.18 Å². The summed E-state index contributed by atoms with van der Waals surface area (Å²) in [6.45, 7) is 4.22. The third kappa shape index (κ3) is 4.18. The number of nitrogens with two attached hydrogens (primary N) is 1. The van der Waals surface area contributed by atoms with E-state index in [2.05, 4.69) is 5.32 Å². The Bertz CT molecular complexity index is 468. The number of nitrogens with zero attached hydrogens (tertiary/aromatic N) is 1. The molecule has 0 spiro atoms. The van der Waals surface area contributed by atoms with E-state index < -0.39 is 11.9 Å². The fourth-order valence-corrected chi connectivity index (χ4v) is 1.80. The Labute approximate surface area is 118 Å². The molecule has 3 N–H and O–H groups in total. The molecule has 1 rings (SSSR count). The number of nitrogen functional groups attached to an aromatic ring is 1. The lowest BCUT2D eigenvalue weighted by atomic mass is 10.2. The van der Waals surface area contributed by atoms with E-state index in [-0.39, 0.29) is 17.6 Å². The number of likely N-dealkylation sites (N-methyl/N-ethyl adjacent to an activating group) is 1. The molecule has 1 aromatic rings. The maximum atomic E-state index is 13.6. The maximum Gasteiger partial charge on any atom is 0.241 e. The topological polar surface area (TPSA) is 67.6 Å². The Balaban J connectivity index is 2.72. The van der Waals surface area contributed by atoms with Gasteiger partial charge in [-0.25, -0.2) is 4.39 Å². The van der Waals surface area contributed by atoms with Crippen molar-refractivity contribution in [2.75, 3.05) is 31.8 Å². The van der Waals surface area contributed by atoms with Gasteiger partial charge >= 0.3 is 0 Å². The Morgan fingerprint density at radius 2 is 2.15 bits per heavy atom. The van der Waals surface area contributed by atoms with Gasteiger partial charge in [0, 0.05) is 18.8 Å². The van der Waals surface area contributed by atoms with Crippen molar-refractivity contribution in [1.29, 1.82) is 0 Å². The van der Waals surface area contributed by atoms with Gasteiger partial charge in [0.15, 0.2) is 0 Å². The molecular formula is C14H22FN3O2. The van der Waals surface area contributed by atoms with Crippen molar-refractivity contribution < 1.29 is 13.9 Å². The number of anilines is 2. The number of benzene rings is 1. The van der Waals surface area contributed by atoms with Gasteiger partial charge in [-0.1, -0.05) is 0 Å². The first-order valence-electron chi connectivity index (χ1n) is 6.43. The van der Waals surface area contributed by atoms with Gasteiger partial charge in [-0.2, -0.15) is 0 Å². The molecule has 20 heavy (non-hydrogen) atoms. The van der Waals surface area contributed by atoms with E-state index in [1.54, 1.807) is 14.0 Å². The number of methoxy groups -OCH3 is 1. The molecule has 0 saturated carbocycles. The van der Waals surface area contributed by atoms with Crippen LogP contribution in [0.15, 0.2) is 18.2 Å². The van der Waals surface area contributed by atoms with Crippen LogP contribution >= 0.6 is 0 Å². The van der Waals surface area contributed by atoms with Crippen molar-refractivity contribution in [1.82, 2.24) is 4.90 Å². The van der Waals surface area contributed by atoms with E-state index in [1.807, 2.05) is 18.9 Å². The second kappa shape index (κ2) is 7.21. The number of ether oxygens (including phenoxy) is 1. The average molecular weight is 283 g/mol. The number of carbonyl (C=O) groups excluding carboxylic acids is 1. The third-order valence-electron chi connectivity index (χ3n) is 3.34. The van der Waals surface area contributed by atoms with Crippen LogP contribution in [0.5, 0.6) is 0 Å². The number of rotatable bonds is 6. The fourth-order valence-electron chi connectivity index (χ4n) is 1.80. The first-order chi connectivity index (χ1) is 9.36. The maximum absolute atomic E-state index is 13.6. The lowest BCUT2D eigenvalue weighted by Gasteiger charge is -2.29. The molecule has 0 aliphatic heterocycles. The molecule has 0 bridgehead atoms. The van der Waals surface area contributed by atoms with Gasteiger partial charge < -0.3 is 15.8 Å². The molecule has 1 amide bonds. The Morgan fingerprint density at radius 1 is 1.50 bits per heavy atom. The molecule has 0 fully saturated rings. The van der Waals surface area contributed by atoms with Crippen molar-refractivity contribution in [3.63, 3.8) is 0 Å². The van der Waals surface area contributed by atoms with Gasteiger partial charge in [0.1, 0.15) is 5.82 Å². The molecule has 0 saturated heterocycles. The number of carbonyl (C=O) groups is 1. The van der Waals surface area contributed by atoms with Crippen LogP contribution in [-0.4, -0.2) is 43.7 Å². The molecule has 5 nitrogen and oxygen atoms in total. The van der Waals surface area contributed by atoms with Gasteiger partial charge in [-0.3, -0.25) is 9.69 Å². The molecular weight excluding hydrogens is 261 g/mol. The predicted octanol–water partition coefficient (Wildman–Crippen LogP) is 1.70. The zero-order valence-electron chi connectivity index (χ0n) is 12.3. The Kier molecular flexibility index (Phi) is 5.91. The molecule has 0 heterocycles. The summed E-state index contributed by atoms with van der Waals surface area (Å²) in [5, 5.41) is 2.55. The number of hydrogen-bond acceptors (Lipinski definition) is 4. The van der Waals surface area contributed by atoms with Gasteiger partial charge in [0.2, 0.25) is 5.91 Å². The first kappa shape index (κ1) is 16.4. The second-order valence-electron chi connectivity index (χ2n) is 4.87. The highest BCUT2D eigenvalue weighted by atomic mass is 19.1. The van der Waals surface area contributed by atoms with Crippen molar-refractivity contribution in [2.24, 2.45) is 0 Å². The zero-order chi connectivity index (χ0) is 15.3. The quantitative estimate of drug-likeness (QED) is 0.780. The number of amides is 1. The molecule has 1 aromatic carbocycles. The number of halogens is 1. The van der Waals surface area contributed by atoms with Crippen molar-refractivity contribution in [2.45, 2.75) is 25.9 Å². The van der Waals surface area contributed by atoms with E-state index in [0.29, 0.717) is 12.3 Å². The Morgan fingerprint density at radius 3 is 2.75 bits per heavy atom. The van der Waals surface area contributed by atoms with Gasteiger partial charge in [-0.15, -0.1) is 0 Å². The molecule has 0 radical (unpaired) electrons. The molecule has 2 atom stereocenters. The highest BCUT2D eigenvalue weighted by Crippen LogP contribution is 2.18. The van der Waals surface area contributed by atoms with E-state index in [1.165, 1.54) is 18.2 Å². The van der Waals surface area contributed by atoms with E-state index in [4.69, 9.17) is 10.5 Å². The molecule has 0 aliphatic carbocycles. The molecule has 0 aromatic heterocycles. The van der Waals surface area contributed by atoms with Crippen molar-refractivity contribution in [3.05, 3.63) is 24.0 Å². The average Bonchev–Trinajstić information content (AvgIpc) is 2.41. The summed E-state index contributed by atoms with van der Waals surface area (Å²) < 4.78 is 18.6. The minimum Gasteiger partial charge on any atom is -0.399 e. The largest absolute Gasteiger partial charge is 0.399 e. The lowest BCUT2D eigenvalue weighted by Crippen LogP contribution is -2.45. The van der Waals surface area contributed by atoms with Gasteiger partial charge in [-0.05, 0) is 39.1 Å². The number of hydrogen-bond donors (Lipinski definition) is 2. The second-order valence-corrected chi connectivity index (χ2v) is 4.87. The molecule has 6 heteroatoms. The monoisotopic (exact) mass is 283 g/mol.